The molecule has 2 aliphatic rings. The molecule has 4 aromatic rings. The van der Waals surface area contributed by atoms with Gasteiger partial charge in [0.1, 0.15) is 5.69 Å². The number of aromatic nitrogens is 2. The number of nitrogen functional groups attached to an aromatic ring is 1. The Bertz CT molecular complexity index is 1430. The molecule has 2 amide bonds. The number of fused-ring (bicyclic) bond motifs is 2. The van der Waals surface area contributed by atoms with E-state index in [0.29, 0.717) is 56.6 Å². The summed E-state index contributed by atoms with van der Waals surface area (Å²) in [7, 11) is 0. The van der Waals surface area contributed by atoms with E-state index in [1.54, 1.807) is 24.3 Å². The van der Waals surface area contributed by atoms with Gasteiger partial charge in [-0.1, -0.05) is 52.4 Å². The van der Waals surface area contributed by atoms with Gasteiger partial charge in [-0.05, 0) is 48.1 Å². The standard InChI is InChI=1S/C24H20ClN5O3S/c25-14-5-3-4-12(8-14)21-20(28-24(26)34-21)23(32)30-11-13-9-16(13)17(30)10-27-22(31)19-15-6-1-2-7-18(15)33-29-19/h1-8,13,16-17H,9-11H2,(H2,26,28)(H,27,31)/t13-,16-,17-/m1/s1. The van der Waals surface area contributed by atoms with Crippen molar-refractivity contribution in [3.63, 3.8) is 0 Å². The summed E-state index contributed by atoms with van der Waals surface area (Å²) in [5, 5.41) is 8.44. The molecule has 1 saturated carbocycles. The Balaban J connectivity index is 1.23. The molecule has 0 unspecified atom stereocenters. The van der Waals surface area contributed by atoms with Crippen LogP contribution in [0.3, 0.4) is 0 Å². The zero-order chi connectivity index (χ0) is 23.4. The number of carbonyl (C=O) groups is 2. The summed E-state index contributed by atoms with van der Waals surface area (Å²) >= 11 is 7.43. The third-order valence-corrected chi connectivity index (χ3v) is 7.73. The van der Waals surface area contributed by atoms with Gasteiger partial charge in [0.05, 0.1) is 16.3 Å². The number of anilines is 1. The van der Waals surface area contributed by atoms with Crippen LogP contribution >= 0.6 is 22.9 Å². The van der Waals surface area contributed by atoms with Crippen molar-refractivity contribution in [2.75, 3.05) is 18.8 Å². The maximum absolute atomic E-state index is 13.6. The van der Waals surface area contributed by atoms with E-state index in [1.165, 1.54) is 11.3 Å². The van der Waals surface area contributed by atoms with E-state index in [2.05, 4.69) is 15.5 Å². The highest BCUT2D eigenvalue weighted by molar-refractivity contribution is 7.19. The van der Waals surface area contributed by atoms with Crippen molar-refractivity contribution in [1.29, 1.82) is 0 Å². The fourth-order valence-electron chi connectivity index (χ4n) is 4.84. The van der Waals surface area contributed by atoms with Crippen molar-refractivity contribution in [3.05, 3.63) is 64.9 Å². The van der Waals surface area contributed by atoms with Gasteiger partial charge in [0.25, 0.3) is 11.8 Å². The number of nitrogens with one attached hydrogen (secondary N) is 1. The van der Waals surface area contributed by atoms with Crippen molar-refractivity contribution >= 4 is 50.9 Å². The molecule has 3 atom stereocenters. The van der Waals surface area contributed by atoms with Gasteiger partial charge in [-0.3, -0.25) is 9.59 Å². The van der Waals surface area contributed by atoms with Crippen molar-refractivity contribution in [2.45, 2.75) is 12.5 Å². The molecule has 0 radical (unpaired) electrons. The predicted molar refractivity (Wildman–Crippen MR) is 130 cm³/mol. The van der Waals surface area contributed by atoms with Gasteiger partial charge in [-0.15, -0.1) is 0 Å². The fourth-order valence-corrected chi connectivity index (χ4v) is 5.85. The number of halogens is 1. The Hall–Kier alpha value is -3.43. The number of likely N-dealkylation sites (tertiary alicyclic amines) is 1. The number of nitrogens with two attached hydrogens (primary N) is 1. The maximum atomic E-state index is 13.6. The lowest BCUT2D eigenvalue weighted by Crippen LogP contribution is -2.45. The molecule has 2 fully saturated rings. The van der Waals surface area contributed by atoms with Gasteiger partial charge < -0.3 is 20.5 Å². The van der Waals surface area contributed by atoms with Crippen molar-refractivity contribution in [3.8, 4) is 10.4 Å². The van der Waals surface area contributed by atoms with E-state index in [-0.39, 0.29) is 23.6 Å². The lowest BCUT2D eigenvalue weighted by atomic mass is 10.1. The summed E-state index contributed by atoms with van der Waals surface area (Å²) in [6, 6.07) is 14.4. The molecular weight excluding hydrogens is 474 g/mol. The Morgan fingerprint density at radius 3 is 2.91 bits per heavy atom. The van der Waals surface area contributed by atoms with Crippen LogP contribution in [0.1, 0.15) is 27.4 Å². The number of hydrogen-bond acceptors (Lipinski definition) is 7. The highest BCUT2D eigenvalue weighted by atomic mass is 35.5. The Morgan fingerprint density at radius 2 is 2.06 bits per heavy atom. The zero-order valence-electron chi connectivity index (χ0n) is 17.9. The van der Waals surface area contributed by atoms with Crippen LogP contribution in [0.2, 0.25) is 5.02 Å². The summed E-state index contributed by atoms with van der Waals surface area (Å²) in [6.45, 7) is 0.975. The molecule has 1 saturated heterocycles. The van der Waals surface area contributed by atoms with Gasteiger partial charge in [-0.25, -0.2) is 4.98 Å². The van der Waals surface area contributed by atoms with E-state index < -0.39 is 0 Å². The first-order chi connectivity index (χ1) is 16.5. The number of carbonyl (C=O) groups excluding carboxylic acids is 2. The zero-order valence-corrected chi connectivity index (χ0v) is 19.5. The van der Waals surface area contributed by atoms with Crippen LogP contribution in [-0.2, 0) is 0 Å². The normalized spacial score (nSPS) is 21.0. The summed E-state index contributed by atoms with van der Waals surface area (Å²) in [5.41, 5.74) is 7.92. The van der Waals surface area contributed by atoms with Crippen molar-refractivity contribution in [1.82, 2.24) is 20.4 Å². The first-order valence-electron chi connectivity index (χ1n) is 11.0. The molecule has 2 aromatic carbocycles. The van der Waals surface area contributed by atoms with Crippen LogP contribution in [0.4, 0.5) is 5.13 Å². The minimum atomic E-state index is -0.320. The number of hydrogen-bond donors (Lipinski definition) is 2. The largest absolute Gasteiger partial charge is 0.375 e. The van der Waals surface area contributed by atoms with E-state index in [0.717, 1.165) is 12.0 Å². The molecule has 3 N–H and O–H groups in total. The fraction of sp³-hybridized carbons (Fsp3) is 0.250. The molecule has 1 aliphatic carbocycles. The lowest BCUT2D eigenvalue weighted by Gasteiger charge is -2.27. The number of thiazole rings is 1. The van der Waals surface area contributed by atoms with Crippen LogP contribution in [0.5, 0.6) is 0 Å². The molecule has 0 spiro atoms. The predicted octanol–water partition coefficient (Wildman–Crippen LogP) is 4.08. The Labute approximate surface area is 203 Å². The van der Waals surface area contributed by atoms with Crippen molar-refractivity contribution in [2.24, 2.45) is 11.8 Å². The summed E-state index contributed by atoms with van der Waals surface area (Å²) in [6.07, 6.45) is 1.05. The Kier molecular flexibility index (Phi) is 5.04. The highest BCUT2D eigenvalue weighted by Crippen LogP contribution is 2.50. The number of rotatable bonds is 5. The van der Waals surface area contributed by atoms with Gasteiger partial charge in [0.2, 0.25) is 0 Å². The number of amides is 2. The van der Waals surface area contributed by atoms with E-state index >= 15 is 0 Å². The maximum Gasteiger partial charge on any atom is 0.274 e. The van der Waals surface area contributed by atoms with Gasteiger partial charge in [0.15, 0.2) is 16.4 Å². The number of piperidine rings is 1. The number of benzene rings is 2. The van der Waals surface area contributed by atoms with Crippen LogP contribution < -0.4 is 11.1 Å². The van der Waals surface area contributed by atoms with Crippen LogP contribution in [0.15, 0.2) is 53.1 Å². The van der Waals surface area contributed by atoms with E-state index in [1.807, 2.05) is 29.2 Å². The third kappa shape index (κ3) is 3.61. The van der Waals surface area contributed by atoms with Crippen LogP contribution in [0, 0.1) is 11.8 Å². The van der Waals surface area contributed by atoms with Gasteiger partial charge in [-0.2, -0.15) is 0 Å². The molecule has 172 valence electrons. The summed E-state index contributed by atoms with van der Waals surface area (Å²) < 4.78 is 5.25. The molecule has 8 nitrogen and oxygen atoms in total. The lowest BCUT2D eigenvalue weighted by molar-refractivity contribution is 0.0690. The molecule has 10 heteroatoms. The molecule has 3 heterocycles. The molecule has 6 rings (SSSR count). The van der Waals surface area contributed by atoms with E-state index in [9.17, 15) is 9.59 Å². The topological polar surface area (TPSA) is 114 Å². The van der Waals surface area contributed by atoms with Gasteiger partial charge >= 0.3 is 0 Å². The van der Waals surface area contributed by atoms with Crippen LogP contribution in [-0.4, -0.2) is 46.0 Å². The second-order valence-electron chi connectivity index (χ2n) is 8.66. The summed E-state index contributed by atoms with van der Waals surface area (Å²) in [4.78, 5) is 33.3. The second kappa shape index (κ2) is 8.11. The summed E-state index contributed by atoms with van der Waals surface area (Å²) in [5.74, 6) is 0.313. The average molecular weight is 494 g/mol. The van der Waals surface area contributed by atoms with E-state index in [4.69, 9.17) is 21.9 Å². The molecule has 0 bridgehead atoms. The molecule has 34 heavy (non-hydrogen) atoms. The Morgan fingerprint density at radius 1 is 1.21 bits per heavy atom. The molecule has 1 aliphatic heterocycles. The quantitative estimate of drug-likeness (QED) is 0.433. The number of nitrogens with zero attached hydrogens (tertiary/aromatic N) is 3. The van der Waals surface area contributed by atoms with Crippen molar-refractivity contribution < 1.29 is 14.1 Å². The van der Waals surface area contributed by atoms with Gasteiger partial charge in [0, 0.05) is 18.1 Å². The minimum absolute atomic E-state index is 0.116. The average Bonchev–Trinajstić information content (AvgIpc) is 3.17. The second-order valence-corrected chi connectivity index (χ2v) is 10.1. The first-order valence-corrected chi connectivity index (χ1v) is 12.1. The molecular formula is C24H20ClN5O3S. The SMILES string of the molecule is Nc1nc(C(=O)N2C[C@H]3C[C@H]3[C@H]2CNC(=O)c2noc3ccccc23)c(-c2cccc(Cl)c2)s1. The van der Waals surface area contributed by atoms with Crippen LogP contribution in [0.25, 0.3) is 21.4 Å². The third-order valence-electron chi connectivity index (χ3n) is 6.56. The number of para-hydroxylation sites is 1. The molecule has 2 aromatic heterocycles. The first kappa shape index (κ1) is 21.1. The smallest absolute Gasteiger partial charge is 0.274 e. The monoisotopic (exact) mass is 493 g/mol. The minimum Gasteiger partial charge on any atom is -0.375 e. The highest BCUT2D eigenvalue weighted by Gasteiger charge is 2.54.